The van der Waals surface area contributed by atoms with Crippen LogP contribution in [0.4, 0.5) is 0 Å². The number of ether oxygens (including phenoxy) is 1. The van der Waals surface area contributed by atoms with E-state index in [-0.39, 0.29) is 6.10 Å². The minimum atomic E-state index is -0.533. The highest BCUT2D eigenvalue weighted by Crippen LogP contribution is 2.44. The van der Waals surface area contributed by atoms with Gasteiger partial charge >= 0.3 is 0 Å². The number of H-pyrrole nitrogens is 1. The summed E-state index contributed by atoms with van der Waals surface area (Å²) >= 11 is 1.77. The lowest BCUT2D eigenvalue weighted by Crippen LogP contribution is -2.50. The van der Waals surface area contributed by atoms with Crippen LogP contribution >= 0.6 is 11.3 Å². The number of benzene rings is 1. The lowest BCUT2D eigenvalue weighted by molar-refractivity contribution is -0.137. The van der Waals surface area contributed by atoms with Gasteiger partial charge in [-0.05, 0) is 102 Å². The molecule has 1 atom stereocenters. The zero-order valence-corrected chi connectivity index (χ0v) is 29.8. The van der Waals surface area contributed by atoms with E-state index in [2.05, 4.69) is 77.0 Å². The first-order chi connectivity index (χ1) is 22.7. The van der Waals surface area contributed by atoms with E-state index in [0.717, 1.165) is 71.7 Å². The van der Waals surface area contributed by atoms with Crippen molar-refractivity contribution >= 4 is 27.5 Å². The Labute approximate surface area is 284 Å². The number of hydrogen-bond acceptors (Lipinski definition) is 7. The van der Waals surface area contributed by atoms with Crippen molar-refractivity contribution in [1.82, 2.24) is 25.0 Å². The molecule has 2 bridgehead atoms. The van der Waals surface area contributed by atoms with E-state index in [4.69, 9.17) is 4.74 Å². The standard InChI is InChI=1S/C38H55N5O3S/c1-25-19-26(2)21-27(20-25)35-32(9-12-41-13-15-42(16-14-41)24-31(44)23-39-28-10-17-46-18-11-28)33-22-34(47-36(33)40-35)38(3,4)37(45)43-29-5-6-30(43)8-7-29/h19-22,28-31,39-40,44H,5-18,23-24H2,1-4H3. The first kappa shape index (κ1) is 33.2. The fourth-order valence-electron chi connectivity index (χ4n) is 8.67. The van der Waals surface area contributed by atoms with Gasteiger partial charge in [-0.3, -0.25) is 9.69 Å². The molecule has 9 heteroatoms. The summed E-state index contributed by atoms with van der Waals surface area (Å²) in [5, 5.41) is 15.5. The number of hydrogen-bond donors (Lipinski definition) is 3. The fraction of sp³-hybridized carbons (Fsp3) is 0.658. The van der Waals surface area contributed by atoms with E-state index >= 15 is 0 Å². The summed E-state index contributed by atoms with van der Waals surface area (Å²) < 4.78 is 5.46. The number of rotatable bonds is 11. The average Bonchev–Trinajstić information content (AvgIpc) is 3.84. The summed E-state index contributed by atoms with van der Waals surface area (Å²) in [6, 6.07) is 10.5. The van der Waals surface area contributed by atoms with Crippen molar-refractivity contribution < 1.29 is 14.6 Å². The van der Waals surface area contributed by atoms with Crippen molar-refractivity contribution in [3.63, 3.8) is 0 Å². The number of aromatic nitrogens is 1. The highest BCUT2D eigenvalue weighted by atomic mass is 32.1. The number of fused-ring (bicyclic) bond motifs is 3. The van der Waals surface area contributed by atoms with Crippen molar-refractivity contribution in [1.29, 1.82) is 0 Å². The van der Waals surface area contributed by atoms with Crippen LogP contribution in [0.3, 0.4) is 0 Å². The van der Waals surface area contributed by atoms with Crippen LogP contribution in [0.2, 0.25) is 0 Å². The van der Waals surface area contributed by atoms with Crippen LogP contribution in [0.15, 0.2) is 24.3 Å². The minimum Gasteiger partial charge on any atom is -0.390 e. The van der Waals surface area contributed by atoms with Gasteiger partial charge in [-0.25, -0.2) is 0 Å². The van der Waals surface area contributed by atoms with E-state index in [1.165, 1.54) is 68.7 Å². The lowest BCUT2D eigenvalue weighted by Gasteiger charge is -2.36. The molecule has 3 N–H and O–H groups in total. The number of thiophene rings is 1. The number of aliphatic hydroxyl groups is 1. The van der Waals surface area contributed by atoms with E-state index in [1.54, 1.807) is 11.3 Å². The van der Waals surface area contributed by atoms with Gasteiger partial charge in [0.1, 0.15) is 4.83 Å². The Hall–Kier alpha value is -2.27. The molecule has 0 spiro atoms. The maximum atomic E-state index is 14.0. The molecule has 2 aromatic heterocycles. The van der Waals surface area contributed by atoms with Gasteiger partial charge in [0.05, 0.1) is 17.2 Å². The van der Waals surface area contributed by atoms with Gasteiger partial charge in [0.15, 0.2) is 0 Å². The van der Waals surface area contributed by atoms with Crippen LogP contribution in [0, 0.1) is 13.8 Å². The molecule has 1 unspecified atom stereocenters. The topological polar surface area (TPSA) is 84.1 Å². The molecule has 8 nitrogen and oxygen atoms in total. The molecule has 4 saturated heterocycles. The van der Waals surface area contributed by atoms with Crippen LogP contribution in [-0.4, -0.2) is 114 Å². The van der Waals surface area contributed by atoms with Crippen molar-refractivity contribution in [3.05, 3.63) is 45.8 Å². The molecule has 7 rings (SSSR count). The summed E-state index contributed by atoms with van der Waals surface area (Å²) in [6.07, 6.45) is 7.36. The number of β-amino-alcohol motifs (C(OH)–C–C–N with tert-alkyl or cyclic N) is 1. The van der Waals surface area contributed by atoms with Gasteiger partial charge in [-0.1, -0.05) is 17.2 Å². The molecule has 3 aromatic rings. The average molecular weight is 662 g/mol. The monoisotopic (exact) mass is 661 g/mol. The molecule has 4 aliphatic heterocycles. The van der Waals surface area contributed by atoms with Gasteiger partial charge in [0.25, 0.3) is 0 Å². The van der Waals surface area contributed by atoms with Crippen molar-refractivity contribution in [3.8, 4) is 11.3 Å². The predicted octanol–water partition coefficient (Wildman–Crippen LogP) is 5.23. The second kappa shape index (κ2) is 13.9. The molecule has 6 heterocycles. The fourth-order valence-corrected chi connectivity index (χ4v) is 9.85. The number of amides is 1. The maximum Gasteiger partial charge on any atom is 0.233 e. The SMILES string of the molecule is Cc1cc(C)cc(-c2[nH]c3sc(C(C)(C)C(=O)N4C5CCC4CC5)cc3c2CCN2CCN(CC(O)CNC3CCOCC3)CC2)c1. The Morgan fingerprint density at radius 1 is 0.979 bits per heavy atom. The van der Waals surface area contributed by atoms with Gasteiger partial charge < -0.3 is 29.9 Å². The van der Waals surface area contributed by atoms with Crippen LogP contribution in [0.25, 0.3) is 21.5 Å². The molecular weight excluding hydrogens is 607 g/mol. The summed E-state index contributed by atoms with van der Waals surface area (Å²) in [6.45, 7) is 16.6. The number of aliphatic hydroxyl groups excluding tert-OH is 1. The summed E-state index contributed by atoms with van der Waals surface area (Å²) in [4.78, 5) is 27.4. The second-order valence-electron chi connectivity index (χ2n) is 15.3. The Morgan fingerprint density at radius 2 is 1.62 bits per heavy atom. The van der Waals surface area contributed by atoms with Crippen LogP contribution in [0.5, 0.6) is 0 Å². The lowest BCUT2D eigenvalue weighted by atomic mass is 9.88. The first-order valence-corrected chi connectivity index (χ1v) is 19.0. The molecule has 4 fully saturated rings. The van der Waals surface area contributed by atoms with E-state index in [9.17, 15) is 9.90 Å². The second-order valence-corrected chi connectivity index (χ2v) is 16.4. The van der Waals surface area contributed by atoms with Gasteiger partial charge in [0.2, 0.25) is 5.91 Å². The number of piperazine rings is 1. The third-order valence-electron chi connectivity index (χ3n) is 11.4. The third kappa shape index (κ3) is 7.08. The van der Waals surface area contributed by atoms with Gasteiger partial charge in [-0.2, -0.15) is 0 Å². The maximum absolute atomic E-state index is 14.0. The molecular formula is C38H55N5O3S. The van der Waals surface area contributed by atoms with E-state index in [0.29, 0.717) is 30.6 Å². The summed E-state index contributed by atoms with van der Waals surface area (Å²) in [5.41, 5.74) is 5.86. The molecule has 0 aliphatic carbocycles. The molecule has 4 aliphatic rings. The van der Waals surface area contributed by atoms with E-state index < -0.39 is 5.41 Å². The quantitative estimate of drug-likeness (QED) is 0.261. The van der Waals surface area contributed by atoms with Crippen molar-refractivity contribution in [2.24, 2.45) is 0 Å². The number of aryl methyl sites for hydroxylation is 2. The largest absolute Gasteiger partial charge is 0.390 e. The van der Waals surface area contributed by atoms with Crippen LogP contribution < -0.4 is 5.32 Å². The van der Waals surface area contributed by atoms with Crippen molar-refractivity contribution in [2.75, 3.05) is 59.0 Å². The molecule has 47 heavy (non-hydrogen) atoms. The number of carbonyl (C=O) groups excluding carboxylic acids is 1. The summed E-state index contributed by atoms with van der Waals surface area (Å²) in [5.74, 6) is 0.310. The van der Waals surface area contributed by atoms with Gasteiger partial charge in [0, 0.05) is 87.4 Å². The molecule has 1 aromatic carbocycles. The third-order valence-corrected chi connectivity index (χ3v) is 12.8. The smallest absolute Gasteiger partial charge is 0.233 e. The number of carbonyl (C=O) groups is 1. The highest BCUT2D eigenvalue weighted by molar-refractivity contribution is 7.19. The predicted molar refractivity (Wildman–Crippen MR) is 191 cm³/mol. The van der Waals surface area contributed by atoms with Crippen LogP contribution in [0.1, 0.15) is 73.9 Å². The Morgan fingerprint density at radius 3 is 2.28 bits per heavy atom. The number of nitrogens with one attached hydrogen (secondary N) is 2. The molecule has 0 radical (unpaired) electrons. The van der Waals surface area contributed by atoms with Gasteiger partial charge in [-0.15, -0.1) is 11.3 Å². The normalized spacial score (nSPS) is 23.7. The van der Waals surface area contributed by atoms with E-state index in [1.807, 2.05) is 0 Å². The van der Waals surface area contributed by atoms with Crippen molar-refractivity contribution in [2.45, 2.75) is 102 Å². The zero-order valence-electron chi connectivity index (χ0n) is 28.9. The first-order valence-electron chi connectivity index (χ1n) is 18.2. The molecule has 256 valence electrons. The number of nitrogens with zero attached hydrogens (tertiary/aromatic N) is 3. The summed E-state index contributed by atoms with van der Waals surface area (Å²) in [7, 11) is 0. The Balaban J connectivity index is 1.03. The Kier molecular flexibility index (Phi) is 9.85. The molecule has 1 amide bonds. The number of aromatic amines is 1. The zero-order chi connectivity index (χ0) is 32.7. The molecule has 0 saturated carbocycles. The Bertz CT molecular complexity index is 1510. The minimum absolute atomic E-state index is 0.310. The highest BCUT2D eigenvalue weighted by Gasteiger charge is 2.47. The van der Waals surface area contributed by atoms with Crippen LogP contribution in [-0.2, 0) is 21.4 Å².